The van der Waals surface area contributed by atoms with Crippen molar-refractivity contribution in [1.29, 1.82) is 0 Å². The number of ether oxygens (including phenoxy) is 8. The van der Waals surface area contributed by atoms with Crippen LogP contribution in [-0.4, -0.2) is 136 Å². The fourth-order valence-corrected chi connectivity index (χ4v) is 6.15. The number of carbonyl (C=O) groups is 3. The molecule has 342 valence electrons. The summed E-state index contributed by atoms with van der Waals surface area (Å²) in [5.74, 6) is 0.142. The third kappa shape index (κ3) is 23.1. The van der Waals surface area contributed by atoms with Gasteiger partial charge in [-0.1, -0.05) is 41.4 Å². The number of benzene rings is 3. The Hall–Kier alpha value is -3.66. The first kappa shape index (κ1) is 52.7. The Morgan fingerprint density at radius 1 is 0.661 bits per heavy atom. The molecule has 0 saturated carbocycles. The number of amides is 2. The number of aldehydes is 1. The molecule has 2 N–H and O–H groups in total. The van der Waals surface area contributed by atoms with E-state index in [1.807, 2.05) is 6.07 Å². The summed E-state index contributed by atoms with van der Waals surface area (Å²) >= 11 is 13.4. The minimum absolute atomic E-state index is 0.00827. The third-order valence-corrected chi connectivity index (χ3v) is 9.52. The predicted molar refractivity (Wildman–Crippen MR) is 231 cm³/mol. The first-order valence-corrected chi connectivity index (χ1v) is 21.5. The van der Waals surface area contributed by atoms with Crippen LogP contribution in [0.5, 0.6) is 0 Å². The zero-order valence-corrected chi connectivity index (χ0v) is 36.4. The number of nitrogens with one attached hydrogen (secondary N) is 2. The lowest BCUT2D eigenvalue weighted by atomic mass is 10.1. The van der Waals surface area contributed by atoms with E-state index in [1.54, 1.807) is 30.0 Å². The lowest BCUT2D eigenvalue weighted by Gasteiger charge is -2.12. The second-order valence-corrected chi connectivity index (χ2v) is 14.6. The van der Waals surface area contributed by atoms with Crippen LogP contribution in [-0.2, 0) is 54.6 Å². The monoisotopic (exact) mass is 933 g/mol. The predicted octanol–water partition coefficient (Wildman–Crippen LogP) is 6.98. The Bertz CT molecular complexity index is 1800. The molecular weight excluding hydrogens is 882 g/mol. The number of hydrogen-bond acceptors (Lipinski definition) is 13. The SMILES string of the molecule is O=CCCOCCOCCOCCOCCOCCOCCOCCOCCSCc1cccc(C(=O)Nc2ccc(Cl)cc2C(=O)N/N=C/c2ccc(Cl)c(C(F)(F)F)c2)c1. The normalized spacial score (nSPS) is 11.6. The number of carbonyl (C=O) groups excluding carboxylic acids is 3. The van der Waals surface area contributed by atoms with Crippen LogP contribution in [0.2, 0.25) is 10.0 Å². The van der Waals surface area contributed by atoms with E-state index in [0.717, 1.165) is 35.9 Å². The van der Waals surface area contributed by atoms with Crippen LogP contribution >= 0.6 is 35.0 Å². The van der Waals surface area contributed by atoms with Crippen LogP contribution in [0, 0.1) is 0 Å². The number of anilines is 1. The summed E-state index contributed by atoms with van der Waals surface area (Å²) in [5.41, 5.74) is 2.69. The fraction of sp³-hybridized carbons (Fsp3) is 0.476. The van der Waals surface area contributed by atoms with Crippen LogP contribution in [0.3, 0.4) is 0 Å². The summed E-state index contributed by atoms with van der Waals surface area (Å²) in [6.45, 7) is 7.31. The summed E-state index contributed by atoms with van der Waals surface area (Å²) in [6.07, 6.45) is -2.41. The van der Waals surface area contributed by atoms with E-state index in [0.29, 0.717) is 123 Å². The topological polar surface area (TPSA) is 161 Å². The average molecular weight is 935 g/mol. The van der Waals surface area contributed by atoms with Crippen LogP contribution in [0.15, 0.2) is 65.8 Å². The van der Waals surface area contributed by atoms with E-state index in [9.17, 15) is 27.6 Å². The number of alkyl halides is 3. The second-order valence-electron chi connectivity index (χ2n) is 12.7. The van der Waals surface area contributed by atoms with E-state index in [4.69, 9.17) is 61.1 Å². The van der Waals surface area contributed by atoms with Gasteiger partial charge in [-0.15, -0.1) is 0 Å². The molecule has 3 aromatic rings. The Morgan fingerprint density at radius 3 is 1.76 bits per heavy atom. The zero-order valence-electron chi connectivity index (χ0n) is 34.1. The van der Waals surface area contributed by atoms with Crippen molar-refractivity contribution in [3.8, 4) is 0 Å². The first-order chi connectivity index (χ1) is 30.1. The van der Waals surface area contributed by atoms with Gasteiger partial charge in [0, 0.05) is 28.5 Å². The van der Waals surface area contributed by atoms with Crippen molar-refractivity contribution < 1.29 is 65.4 Å². The number of thioether (sulfide) groups is 1. The molecule has 3 aromatic carbocycles. The molecule has 0 spiro atoms. The molecule has 0 heterocycles. The Labute approximate surface area is 373 Å². The smallest absolute Gasteiger partial charge is 0.379 e. The van der Waals surface area contributed by atoms with Crippen LogP contribution < -0.4 is 10.7 Å². The molecule has 0 radical (unpaired) electrons. The summed E-state index contributed by atoms with van der Waals surface area (Å²) in [7, 11) is 0. The molecule has 0 atom stereocenters. The van der Waals surface area contributed by atoms with Gasteiger partial charge in [0.15, 0.2) is 0 Å². The molecule has 0 aliphatic rings. The van der Waals surface area contributed by atoms with Gasteiger partial charge in [-0.25, -0.2) is 5.43 Å². The molecular formula is C42H52Cl2F3N3O11S. The summed E-state index contributed by atoms with van der Waals surface area (Å²) in [4.78, 5) is 36.3. The van der Waals surface area contributed by atoms with Crippen molar-refractivity contribution in [2.24, 2.45) is 5.10 Å². The molecule has 0 aliphatic carbocycles. The molecule has 0 aliphatic heterocycles. The molecule has 2 amide bonds. The Balaban J connectivity index is 1.19. The van der Waals surface area contributed by atoms with Gasteiger partial charge in [0.1, 0.15) is 6.29 Å². The number of halogens is 5. The van der Waals surface area contributed by atoms with Gasteiger partial charge in [-0.05, 0) is 53.6 Å². The molecule has 0 fully saturated rings. The van der Waals surface area contributed by atoms with Crippen molar-refractivity contribution in [2.75, 3.05) is 117 Å². The molecule has 0 aromatic heterocycles. The average Bonchev–Trinajstić information content (AvgIpc) is 3.25. The van der Waals surface area contributed by atoms with Crippen LogP contribution in [0.25, 0.3) is 0 Å². The number of hydrogen-bond donors (Lipinski definition) is 2. The minimum atomic E-state index is -4.66. The number of rotatable bonds is 34. The van der Waals surface area contributed by atoms with E-state index < -0.39 is 28.6 Å². The van der Waals surface area contributed by atoms with Crippen molar-refractivity contribution in [2.45, 2.75) is 18.3 Å². The summed E-state index contributed by atoms with van der Waals surface area (Å²) in [5, 5.41) is 6.23. The lowest BCUT2D eigenvalue weighted by molar-refractivity contribution is -0.137. The lowest BCUT2D eigenvalue weighted by Crippen LogP contribution is -2.21. The fourth-order valence-electron chi connectivity index (χ4n) is 4.96. The van der Waals surface area contributed by atoms with E-state index in [1.165, 1.54) is 24.3 Å². The van der Waals surface area contributed by atoms with Gasteiger partial charge < -0.3 is 48.0 Å². The maximum Gasteiger partial charge on any atom is 0.417 e. The van der Waals surface area contributed by atoms with Crippen LogP contribution in [0.1, 0.15) is 43.8 Å². The van der Waals surface area contributed by atoms with Gasteiger partial charge in [0.2, 0.25) is 0 Å². The second kappa shape index (κ2) is 32.1. The minimum Gasteiger partial charge on any atom is -0.379 e. The highest BCUT2D eigenvalue weighted by Crippen LogP contribution is 2.35. The molecule has 0 unspecified atom stereocenters. The van der Waals surface area contributed by atoms with Gasteiger partial charge in [0.25, 0.3) is 11.8 Å². The van der Waals surface area contributed by atoms with E-state index in [-0.39, 0.29) is 21.8 Å². The van der Waals surface area contributed by atoms with E-state index >= 15 is 0 Å². The number of hydrazone groups is 1. The van der Waals surface area contributed by atoms with Gasteiger partial charge in [0.05, 0.1) is 134 Å². The molecule has 0 saturated heterocycles. The number of nitrogens with zero attached hydrogens (tertiary/aromatic N) is 1. The van der Waals surface area contributed by atoms with Gasteiger partial charge in [-0.3, -0.25) is 9.59 Å². The van der Waals surface area contributed by atoms with E-state index in [2.05, 4.69) is 15.8 Å². The summed E-state index contributed by atoms with van der Waals surface area (Å²) < 4.78 is 83.2. The van der Waals surface area contributed by atoms with Gasteiger partial charge >= 0.3 is 6.18 Å². The third-order valence-electron chi connectivity index (χ3n) is 7.96. The maximum atomic E-state index is 13.2. The van der Waals surface area contributed by atoms with Crippen molar-refractivity contribution in [3.05, 3.63) is 98.5 Å². The quantitative estimate of drug-likeness (QED) is 0.0274. The van der Waals surface area contributed by atoms with Gasteiger partial charge in [-0.2, -0.15) is 30.0 Å². The first-order valence-electron chi connectivity index (χ1n) is 19.6. The molecule has 3 rings (SSSR count). The Kier molecular flexibility index (Phi) is 27.2. The molecule has 14 nitrogen and oxygen atoms in total. The summed E-state index contributed by atoms with van der Waals surface area (Å²) in [6, 6.07) is 14.6. The highest BCUT2D eigenvalue weighted by Gasteiger charge is 2.33. The van der Waals surface area contributed by atoms with Crippen molar-refractivity contribution in [1.82, 2.24) is 5.43 Å². The Morgan fingerprint density at radius 2 is 1.21 bits per heavy atom. The highest BCUT2D eigenvalue weighted by molar-refractivity contribution is 7.98. The standard InChI is InChI=1S/C42H52Cl2F3N3O11S/c43-35-6-8-39(36(29-35)41(53)50-48-30-32-5-7-38(44)37(28-32)42(45,46)47)49-40(52)34-4-1-3-33(27-34)31-62-26-25-61-24-23-60-22-21-59-20-19-58-18-17-57-16-15-56-14-13-55-12-11-54-10-2-9-51/h1,3-9,27-30H,2,10-26,31H2,(H,49,52)(H,50,53)/b48-30+. The zero-order chi connectivity index (χ0) is 44.7. The molecule has 62 heavy (non-hydrogen) atoms. The maximum absolute atomic E-state index is 13.2. The molecule has 20 heteroatoms. The largest absolute Gasteiger partial charge is 0.417 e. The van der Waals surface area contributed by atoms with Crippen molar-refractivity contribution >= 4 is 65.0 Å². The van der Waals surface area contributed by atoms with Crippen LogP contribution in [0.4, 0.5) is 18.9 Å². The highest BCUT2D eigenvalue weighted by atomic mass is 35.5. The molecule has 0 bridgehead atoms. The van der Waals surface area contributed by atoms with Crippen molar-refractivity contribution in [3.63, 3.8) is 0 Å².